The van der Waals surface area contributed by atoms with Gasteiger partial charge in [-0.15, -0.1) is 22.7 Å². The van der Waals surface area contributed by atoms with E-state index in [9.17, 15) is 9.59 Å². The lowest BCUT2D eigenvalue weighted by molar-refractivity contribution is -0.118. The number of amides is 2. The number of nitrogens with zero attached hydrogens (tertiary/aromatic N) is 1. The second-order valence-corrected chi connectivity index (χ2v) is 9.35. The van der Waals surface area contributed by atoms with Gasteiger partial charge in [-0.2, -0.15) is 0 Å². The Hall–Kier alpha value is -2.44. The van der Waals surface area contributed by atoms with E-state index in [2.05, 4.69) is 17.4 Å². The minimum Gasteiger partial charge on any atom is -0.333 e. The first kappa shape index (κ1) is 17.6. The molecule has 5 rings (SSSR count). The van der Waals surface area contributed by atoms with E-state index in [1.807, 2.05) is 46.0 Å². The molecule has 0 bridgehead atoms. The van der Waals surface area contributed by atoms with Crippen LogP contribution in [0.4, 0.5) is 5.69 Å². The summed E-state index contributed by atoms with van der Waals surface area (Å²) in [5.41, 5.74) is 2.85. The van der Waals surface area contributed by atoms with Gasteiger partial charge in [0.05, 0.1) is 10.3 Å². The third-order valence-electron chi connectivity index (χ3n) is 5.67. The first-order valence-electron chi connectivity index (χ1n) is 9.46. The third kappa shape index (κ3) is 3.06. The molecule has 28 heavy (non-hydrogen) atoms. The van der Waals surface area contributed by atoms with Crippen molar-refractivity contribution in [3.05, 3.63) is 74.1 Å². The molecule has 0 unspecified atom stereocenters. The Bertz CT molecular complexity index is 1020. The van der Waals surface area contributed by atoms with E-state index in [0.717, 1.165) is 46.8 Å². The van der Waals surface area contributed by atoms with Crippen molar-refractivity contribution >= 4 is 40.2 Å². The average Bonchev–Trinajstić information content (AvgIpc) is 3.13. The fraction of sp³-hybridized carbons (Fsp3) is 0.273. The summed E-state index contributed by atoms with van der Waals surface area (Å²) in [5.74, 6) is 0.168. The molecular weight excluding hydrogens is 388 g/mol. The van der Waals surface area contributed by atoms with Crippen LogP contribution < -0.4 is 5.32 Å². The van der Waals surface area contributed by atoms with E-state index in [1.54, 1.807) is 11.3 Å². The molecule has 3 aromatic rings. The average molecular weight is 409 g/mol. The van der Waals surface area contributed by atoms with Crippen LogP contribution in [0.1, 0.15) is 38.5 Å². The SMILES string of the molecule is O=C(c1cccs1)N1CCc2ccc(NC(=O)C3(c4cccs4)CC3)cc2C1. The Morgan fingerprint density at radius 3 is 2.54 bits per heavy atom. The zero-order valence-electron chi connectivity index (χ0n) is 15.3. The van der Waals surface area contributed by atoms with Crippen molar-refractivity contribution in [3.8, 4) is 0 Å². The van der Waals surface area contributed by atoms with Crippen molar-refractivity contribution in [1.29, 1.82) is 0 Å². The summed E-state index contributed by atoms with van der Waals surface area (Å²) in [6.45, 7) is 1.32. The molecule has 2 aromatic heterocycles. The van der Waals surface area contributed by atoms with E-state index >= 15 is 0 Å². The Labute approximate surface area is 171 Å². The molecule has 1 N–H and O–H groups in total. The molecule has 1 fully saturated rings. The summed E-state index contributed by atoms with van der Waals surface area (Å²) >= 11 is 3.13. The molecule has 2 aliphatic rings. The van der Waals surface area contributed by atoms with Crippen LogP contribution >= 0.6 is 22.7 Å². The number of benzene rings is 1. The zero-order valence-corrected chi connectivity index (χ0v) is 16.9. The second-order valence-electron chi connectivity index (χ2n) is 7.45. The summed E-state index contributed by atoms with van der Waals surface area (Å²) in [5, 5.41) is 7.08. The first-order valence-corrected chi connectivity index (χ1v) is 11.2. The molecule has 3 heterocycles. The molecule has 4 nitrogen and oxygen atoms in total. The maximum Gasteiger partial charge on any atom is 0.264 e. The van der Waals surface area contributed by atoms with Crippen molar-refractivity contribution in [2.45, 2.75) is 31.2 Å². The highest BCUT2D eigenvalue weighted by Gasteiger charge is 2.52. The first-order chi connectivity index (χ1) is 13.7. The number of carbonyl (C=O) groups excluding carboxylic acids is 2. The lowest BCUT2D eigenvalue weighted by Crippen LogP contribution is -2.35. The maximum absolute atomic E-state index is 12.9. The number of rotatable bonds is 4. The van der Waals surface area contributed by atoms with Gasteiger partial charge in [0.1, 0.15) is 0 Å². The highest BCUT2D eigenvalue weighted by Crippen LogP contribution is 2.50. The van der Waals surface area contributed by atoms with Gasteiger partial charge in [0.2, 0.25) is 5.91 Å². The predicted octanol–water partition coefficient (Wildman–Crippen LogP) is 4.68. The van der Waals surface area contributed by atoms with Crippen molar-refractivity contribution in [1.82, 2.24) is 4.90 Å². The quantitative estimate of drug-likeness (QED) is 0.681. The Morgan fingerprint density at radius 2 is 1.82 bits per heavy atom. The van der Waals surface area contributed by atoms with Gasteiger partial charge in [-0.05, 0) is 65.4 Å². The molecule has 0 atom stereocenters. The molecule has 142 valence electrons. The smallest absolute Gasteiger partial charge is 0.264 e. The van der Waals surface area contributed by atoms with Crippen LogP contribution in [-0.2, 0) is 23.2 Å². The van der Waals surface area contributed by atoms with Crippen molar-refractivity contribution in [3.63, 3.8) is 0 Å². The van der Waals surface area contributed by atoms with Crippen LogP contribution in [0.3, 0.4) is 0 Å². The van der Waals surface area contributed by atoms with Crippen LogP contribution in [-0.4, -0.2) is 23.3 Å². The van der Waals surface area contributed by atoms with Gasteiger partial charge in [0, 0.05) is 23.7 Å². The van der Waals surface area contributed by atoms with Gasteiger partial charge >= 0.3 is 0 Å². The highest BCUT2D eigenvalue weighted by atomic mass is 32.1. The van der Waals surface area contributed by atoms with Gasteiger partial charge in [0.25, 0.3) is 5.91 Å². The molecule has 0 saturated heterocycles. The molecule has 2 amide bonds. The number of fused-ring (bicyclic) bond motifs is 1. The van der Waals surface area contributed by atoms with E-state index in [4.69, 9.17) is 0 Å². The minimum atomic E-state index is -0.342. The minimum absolute atomic E-state index is 0.0808. The summed E-state index contributed by atoms with van der Waals surface area (Å²) in [4.78, 5) is 29.4. The van der Waals surface area contributed by atoms with Crippen molar-refractivity contribution < 1.29 is 9.59 Å². The summed E-state index contributed by atoms with van der Waals surface area (Å²) in [6.07, 6.45) is 2.67. The van der Waals surface area contributed by atoms with Gasteiger partial charge in [0.15, 0.2) is 0 Å². The number of hydrogen-bond acceptors (Lipinski definition) is 4. The van der Waals surface area contributed by atoms with Crippen LogP contribution in [0.2, 0.25) is 0 Å². The van der Waals surface area contributed by atoms with Crippen LogP contribution in [0, 0.1) is 0 Å². The molecule has 1 aliphatic heterocycles. The number of anilines is 1. The predicted molar refractivity (Wildman–Crippen MR) is 113 cm³/mol. The van der Waals surface area contributed by atoms with Gasteiger partial charge in [-0.1, -0.05) is 18.2 Å². The fourth-order valence-electron chi connectivity index (χ4n) is 3.88. The number of carbonyl (C=O) groups is 2. The largest absolute Gasteiger partial charge is 0.333 e. The molecule has 6 heteroatoms. The third-order valence-corrected chi connectivity index (χ3v) is 7.60. The lowest BCUT2D eigenvalue weighted by Gasteiger charge is -2.29. The number of nitrogens with one attached hydrogen (secondary N) is 1. The van der Waals surface area contributed by atoms with Crippen LogP contribution in [0.15, 0.2) is 53.2 Å². The van der Waals surface area contributed by atoms with Gasteiger partial charge in [-0.25, -0.2) is 0 Å². The van der Waals surface area contributed by atoms with Crippen LogP contribution in [0.5, 0.6) is 0 Å². The standard InChI is InChI=1S/C22H20N2O2S2/c25-20(18-3-1-11-27-18)24-10-7-15-5-6-17(13-16(15)14-24)23-21(26)22(8-9-22)19-4-2-12-28-19/h1-6,11-13H,7-10,14H2,(H,23,26). The van der Waals surface area contributed by atoms with Crippen molar-refractivity contribution in [2.75, 3.05) is 11.9 Å². The van der Waals surface area contributed by atoms with Gasteiger partial charge in [-0.3, -0.25) is 9.59 Å². The molecule has 0 radical (unpaired) electrons. The highest BCUT2D eigenvalue weighted by molar-refractivity contribution is 7.12. The van der Waals surface area contributed by atoms with Gasteiger partial charge < -0.3 is 10.2 Å². The van der Waals surface area contributed by atoms with E-state index in [0.29, 0.717) is 6.54 Å². The molecular formula is C22H20N2O2S2. The zero-order chi connectivity index (χ0) is 19.1. The molecule has 0 spiro atoms. The Balaban J connectivity index is 1.33. The molecule has 1 saturated carbocycles. The normalized spacial score (nSPS) is 17.1. The molecule has 1 aromatic carbocycles. The lowest BCUT2D eigenvalue weighted by atomic mass is 9.98. The second kappa shape index (κ2) is 6.87. The monoisotopic (exact) mass is 408 g/mol. The van der Waals surface area contributed by atoms with E-state index < -0.39 is 0 Å². The fourth-order valence-corrected chi connectivity index (χ4v) is 5.55. The Morgan fingerprint density at radius 1 is 1.00 bits per heavy atom. The summed E-state index contributed by atoms with van der Waals surface area (Å²) in [6, 6.07) is 13.9. The molecule has 1 aliphatic carbocycles. The maximum atomic E-state index is 12.9. The summed E-state index contributed by atoms with van der Waals surface area (Å²) < 4.78 is 0. The Kier molecular flexibility index (Phi) is 4.33. The topological polar surface area (TPSA) is 49.4 Å². The van der Waals surface area contributed by atoms with E-state index in [-0.39, 0.29) is 17.2 Å². The number of hydrogen-bond donors (Lipinski definition) is 1. The van der Waals surface area contributed by atoms with Crippen LogP contribution in [0.25, 0.3) is 0 Å². The van der Waals surface area contributed by atoms with E-state index in [1.165, 1.54) is 16.9 Å². The number of thiophene rings is 2. The summed E-state index contributed by atoms with van der Waals surface area (Å²) in [7, 11) is 0. The van der Waals surface area contributed by atoms with Crippen molar-refractivity contribution in [2.24, 2.45) is 0 Å².